The molecule has 1 atom stereocenters. The van der Waals surface area contributed by atoms with Crippen LogP contribution in [0.5, 0.6) is 5.75 Å². The van der Waals surface area contributed by atoms with E-state index < -0.39 is 5.41 Å². The van der Waals surface area contributed by atoms with Crippen LogP contribution in [0.3, 0.4) is 0 Å². The number of piperidine rings is 1. The zero-order valence-electron chi connectivity index (χ0n) is 19.0. The molecule has 1 amide bonds. The lowest BCUT2D eigenvalue weighted by Gasteiger charge is -2.44. The van der Waals surface area contributed by atoms with Crippen molar-refractivity contribution in [2.45, 2.75) is 50.2 Å². The molecule has 0 bridgehead atoms. The maximum absolute atomic E-state index is 14.0. The van der Waals surface area contributed by atoms with Crippen molar-refractivity contribution in [1.82, 2.24) is 4.90 Å². The summed E-state index contributed by atoms with van der Waals surface area (Å²) in [5.41, 5.74) is 0.528. The monoisotopic (exact) mass is 453 g/mol. The number of amides is 1. The van der Waals surface area contributed by atoms with E-state index in [1.165, 1.54) is 11.6 Å². The fourth-order valence-electron chi connectivity index (χ4n) is 5.61. The van der Waals surface area contributed by atoms with E-state index in [0.717, 1.165) is 38.5 Å². The van der Waals surface area contributed by atoms with Crippen molar-refractivity contribution in [2.24, 2.45) is 5.41 Å². The SMILES string of the molecule is O=C(N1CCC2(CC1)C[C@H](Oc1ccccc1F)CO2)C1(Cc2ccccc2)CCOCC1. The Morgan fingerprint density at radius 2 is 1.70 bits per heavy atom. The Bertz CT molecular complexity index is 952. The molecule has 6 heteroatoms. The minimum atomic E-state index is -0.392. The molecule has 2 aromatic carbocycles. The van der Waals surface area contributed by atoms with Gasteiger partial charge in [0.25, 0.3) is 0 Å². The molecule has 0 aromatic heterocycles. The fraction of sp³-hybridized carbons (Fsp3) is 0.519. The third kappa shape index (κ3) is 4.78. The number of benzene rings is 2. The van der Waals surface area contributed by atoms with Crippen LogP contribution >= 0.6 is 0 Å². The number of ether oxygens (including phenoxy) is 3. The first-order valence-electron chi connectivity index (χ1n) is 12.0. The number of likely N-dealkylation sites (tertiary alicyclic amines) is 1. The van der Waals surface area contributed by atoms with Crippen LogP contribution < -0.4 is 4.74 Å². The number of halogens is 1. The van der Waals surface area contributed by atoms with Crippen molar-refractivity contribution >= 4 is 5.91 Å². The number of carbonyl (C=O) groups is 1. The molecule has 3 aliphatic heterocycles. The largest absolute Gasteiger partial charge is 0.485 e. The normalized spacial score (nSPS) is 24.0. The number of hydrogen-bond donors (Lipinski definition) is 0. The molecule has 2 aromatic rings. The molecule has 5 nitrogen and oxygen atoms in total. The van der Waals surface area contributed by atoms with Crippen molar-refractivity contribution in [2.75, 3.05) is 32.9 Å². The smallest absolute Gasteiger partial charge is 0.229 e. The van der Waals surface area contributed by atoms with Gasteiger partial charge in [0.1, 0.15) is 6.10 Å². The molecule has 5 rings (SSSR count). The Balaban J connectivity index is 1.22. The van der Waals surface area contributed by atoms with Gasteiger partial charge in [-0.05, 0) is 49.8 Å². The second-order valence-corrected chi connectivity index (χ2v) is 9.72. The lowest BCUT2D eigenvalue weighted by Crippen LogP contribution is -2.53. The van der Waals surface area contributed by atoms with Gasteiger partial charge in [-0.3, -0.25) is 4.79 Å². The molecule has 3 saturated heterocycles. The first-order chi connectivity index (χ1) is 16.1. The Morgan fingerprint density at radius 3 is 2.42 bits per heavy atom. The summed E-state index contributed by atoms with van der Waals surface area (Å²) in [6, 6.07) is 16.8. The standard InChI is InChI=1S/C27H32FNO4/c28-23-8-4-5-9-24(23)33-22-19-27(32-20-22)10-14-29(15-11-27)25(30)26(12-16-31-17-13-26)18-21-6-2-1-3-7-21/h1-9,22H,10-20H2/t22-/m0/s1. The second kappa shape index (κ2) is 9.43. The van der Waals surface area contributed by atoms with E-state index >= 15 is 0 Å². The highest BCUT2D eigenvalue weighted by Gasteiger charge is 2.48. The van der Waals surface area contributed by atoms with Crippen LogP contribution in [-0.2, 0) is 20.7 Å². The lowest BCUT2D eigenvalue weighted by atomic mass is 9.73. The van der Waals surface area contributed by atoms with Crippen LogP contribution in [0.4, 0.5) is 4.39 Å². The molecular formula is C27H32FNO4. The number of para-hydroxylation sites is 1. The molecule has 3 heterocycles. The molecule has 0 N–H and O–H groups in total. The minimum Gasteiger partial charge on any atom is -0.485 e. The highest BCUT2D eigenvalue weighted by Crippen LogP contribution is 2.41. The van der Waals surface area contributed by atoms with E-state index in [-0.39, 0.29) is 29.2 Å². The van der Waals surface area contributed by atoms with E-state index in [9.17, 15) is 9.18 Å². The summed E-state index contributed by atoms with van der Waals surface area (Å²) < 4.78 is 31.7. The quantitative estimate of drug-likeness (QED) is 0.674. The Hall–Kier alpha value is -2.44. The maximum atomic E-state index is 14.0. The first-order valence-corrected chi connectivity index (χ1v) is 12.0. The maximum Gasteiger partial charge on any atom is 0.229 e. The zero-order chi connectivity index (χ0) is 22.7. The highest BCUT2D eigenvalue weighted by atomic mass is 19.1. The molecule has 176 valence electrons. The Labute approximate surface area is 194 Å². The predicted octanol–water partition coefficient (Wildman–Crippen LogP) is 4.39. The van der Waals surface area contributed by atoms with Crippen LogP contribution in [0.25, 0.3) is 0 Å². The average molecular weight is 454 g/mol. The molecule has 0 radical (unpaired) electrons. The summed E-state index contributed by atoms with van der Waals surface area (Å²) in [6.45, 7) is 3.09. The molecule has 0 saturated carbocycles. The van der Waals surface area contributed by atoms with Crippen LogP contribution in [0, 0.1) is 11.2 Å². The van der Waals surface area contributed by atoms with Gasteiger partial charge in [0.15, 0.2) is 11.6 Å². The van der Waals surface area contributed by atoms with Gasteiger partial charge >= 0.3 is 0 Å². The molecule has 0 unspecified atom stereocenters. The number of rotatable bonds is 5. The fourth-order valence-corrected chi connectivity index (χ4v) is 5.61. The summed E-state index contributed by atoms with van der Waals surface area (Å²) in [6.07, 6.45) is 4.42. The van der Waals surface area contributed by atoms with Gasteiger partial charge in [-0.15, -0.1) is 0 Å². The second-order valence-electron chi connectivity index (χ2n) is 9.72. The molecule has 33 heavy (non-hydrogen) atoms. The van der Waals surface area contributed by atoms with Crippen molar-refractivity contribution in [3.8, 4) is 5.75 Å². The summed E-state index contributed by atoms with van der Waals surface area (Å²) in [7, 11) is 0. The third-order valence-corrected chi connectivity index (χ3v) is 7.56. The van der Waals surface area contributed by atoms with Crippen molar-refractivity contribution in [3.63, 3.8) is 0 Å². The first kappa shape index (κ1) is 22.4. The van der Waals surface area contributed by atoms with E-state index in [2.05, 4.69) is 12.1 Å². The minimum absolute atomic E-state index is 0.163. The lowest BCUT2D eigenvalue weighted by molar-refractivity contribution is -0.152. The van der Waals surface area contributed by atoms with Gasteiger partial charge in [0.2, 0.25) is 5.91 Å². The number of nitrogens with zero attached hydrogens (tertiary/aromatic N) is 1. The van der Waals surface area contributed by atoms with E-state index in [1.807, 2.05) is 23.1 Å². The van der Waals surface area contributed by atoms with Crippen molar-refractivity contribution in [3.05, 3.63) is 66.0 Å². The number of carbonyl (C=O) groups excluding carboxylic acids is 1. The summed E-state index contributed by atoms with van der Waals surface area (Å²) in [4.78, 5) is 15.8. The number of hydrogen-bond acceptors (Lipinski definition) is 4. The van der Waals surface area contributed by atoms with Gasteiger partial charge in [-0.2, -0.15) is 0 Å². The summed E-state index contributed by atoms with van der Waals surface area (Å²) >= 11 is 0. The van der Waals surface area contributed by atoms with Gasteiger partial charge in [-0.25, -0.2) is 4.39 Å². The third-order valence-electron chi connectivity index (χ3n) is 7.56. The van der Waals surface area contributed by atoms with Crippen LogP contribution in [0.2, 0.25) is 0 Å². The topological polar surface area (TPSA) is 48.0 Å². The van der Waals surface area contributed by atoms with Crippen LogP contribution in [0.1, 0.15) is 37.7 Å². The Kier molecular flexibility index (Phi) is 6.39. The summed E-state index contributed by atoms with van der Waals surface area (Å²) in [5, 5.41) is 0. The van der Waals surface area contributed by atoms with E-state index in [1.54, 1.807) is 18.2 Å². The van der Waals surface area contributed by atoms with Crippen molar-refractivity contribution in [1.29, 1.82) is 0 Å². The van der Waals surface area contributed by atoms with Crippen LogP contribution in [-0.4, -0.2) is 55.4 Å². The van der Waals surface area contributed by atoms with Crippen molar-refractivity contribution < 1.29 is 23.4 Å². The van der Waals surface area contributed by atoms with Gasteiger partial charge in [-0.1, -0.05) is 42.5 Å². The molecular weight excluding hydrogens is 421 g/mol. The molecule has 3 aliphatic rings. The van der Waals surface area contributed by atoms with Gasteiger partial charge in [0.05, 0.1) is 17.6 Å². The van der Waals surface area contributed by atoms with Crippen LogP contribution in [0.15, 0.2) is 54.6 Å². The van der Waals surface area contributed by atoms with E-state index in [4.69, 9.17) is 14.2 Å². The van der Waals surface area contributed by atoms with Gasteiger partial charge < -0.3 is 19.1 Å². The molecule has 0 aliphatic carbocycles. The molecule has 3 fully saturated rings. The Morgan fingerprint density at radius 1 is 1.00 bits per heavy atom. The molecule has 1 spiro atoms. The average Bonchev–Trinajstić information content (AvgIpc) is 3.23. The highest BCUT2D eigenvalue weighted by molar-refractivity contribution is 5.83. The van der Waals surface area contributed by atoms with E-state index in [0.29, 0.717) is 32.9 Å². The summed E-state index contributed by atoms with van der Waals surface area (Å²) in [5.74, 6) is 0.179. The predicted molar refractivity (Wildman–Crippen MR) is 123 cm³/mol. The van der Waals surface area contributed by atoms with Gasteiger partial charge in [0, 0.05) is 32.7 Å². The zero-order valence-corrected chi connectivity index (χ0v) is 19.0.